The number of benzene rings is 2. The van der Waals surface area contributed by atoms with Crippen LogP contribution in [-0.2, 0) is 6.54 Å². The summed E-state index contributed by atoms with van der Waals surface area (Å²) in [6.07, 6.45) is 3.41. The van der Waals surface area contributed by atoms with Gasteiger partial charge in [-0.25, -0.2) is 0 Å². The summed E-state index contributed by atoms with van der Waals surface area (Å²) >= 11 is 0. The lowest BCUT2D eigenvalue weighted by Gasteiger charge is -2.08. The summed E-state index contributed by atoms with van der Waals surface area (Å²) < 4.78 is 5.14. The molecule has 1 aromatic heterocycles. The van der Waals surface area contributed by atoms with E-state index >= 15 is 0 Å². The molecule has 1 heterocycles. The first-order valence-electron chi connectivity index (χ1n) is 6.43. The molecule has 0 aliphatic rings. The lowest BCUT2D eigenvalue weighted by Crippen LogP contribution is -1.99. The van der Waals surface area contributed by atoms with E-state index in [9.17, 15) is 0 Å². The van der Waals surface area contributed by atoms with Gasteiger partial charge in [-0.1, -0.05) is 12.1 Å². The van der Waals surface area contributed by atoms with Crippen molar-refractivity contribution in [2.75, 3.05) is 12.4 Å². The number of hydrogen-bond donors (Lipinski definition) is 1. The number of anilines is 1. The van der Waals surface area contributed by atoms with E-state index in [1.54, 1.807) is 19.5 Å². The van der Waals surface area contributed by atoms with Gasteiger partial charge in [0.15, 0.2) is 0 Å². The number of ether oxygens (including phenoxy) is 1. The van der Waals surface area contributed by atoms with Crippen LogP contribution in [0.4, 0.5) is 5.69 Å². The molecule has 0 amide bonds. The fraction of sp³-hybridized carbons (Fsp3) is 0.125. The maximum absolute atomic E-state index is 5.14. The van der Waals surface area contributed by atoms with Crippen LogP contribution in [0.25, 0.3) is 11.0 Å². The fourth-order valence-electron chi connectivity index (χ4n) is 2.02. The van der Waals surface area contributed by atoms with Gasteiger partial charge in [-0.15, -0.1) is 0 Å². The Morgan fingerprint density at radius 1 is 0.950 bits per heavy atom. The van der Waals surface area contributed by atoms with Crippen LogP contribution in [0.1, 0.15) is 5.56 Å². The first kappa shape index (κ1) is 12.4. The van der Waals surface area contributed by atoms with Crippen molar-refractivity contribution in [2.45, 2.75) is 6.54 Å². The molecule has 0 saturated heterocycles. The number of fused-ring (bicyclic) bond motifs is 1. The summed E-state index contributed by atoms with van der Waals surface area (Å²) in [7, 11) is 1.67. The predicted octanol–water partition coefficient (Wildman–Crippen LogP) is 3.25. The van der Waals surface area contributed by atoms with Gasteiger partial charge in [0.1, 0.15) is 5.75 Å². The molecule has 0 aliphatic heterocycles. The van der Waals surface area contributed by atoms with Crippen molar-refractivity contribution in [1.29, 1.82) is 0 Å². The third-order valence-corrected chi connectivity index (χ3v) is 3.13. The van der Waals surface area contributed by atoms with Gasteiger partial charge in [0, 0.05) is 24.6 Å². The first-order chi connectivity index (χ1) is 9.85. The van der Waals surface area contributed by atoms with Gasteiger partial charge in [-0.3, -0.25) is 9.97 Å². The maximum atomic E-state index is 5.14. The van der Waals surface area contributed by atoms with Gasteiger partial charge in [-0.05, 0) is 35.9 Å². The second kappa shape index (κ2) is 5.57. The molecule has 100 valence electrons. The smallest absolute Gasteiger partial charge is 0.118 e. The molecule has 0 spiro atoms. The molecule has 4 nitrogen and oxygen atoms in total. The summed E-state index contributed by atoms with van der Waals surface area (Å²) in [5, 5.41) is 3.38. The monoisotopic (exact) mass is 265 g/mol. The third kappa shape index (κ3) is 2.69. The summed E-state index contributed by atoms with van der Waals surface area (Å²) in [5.41, 5.74) is 4.04. The van der Waals surface area contributed by atoms with Crippen LogP contribution in [0.3, 0.4) is 0 Å². The minimum atomic E-state index is 0.760. The SMILES string of the molecule is COc1ccc(CNc2ccc3nccnc3c2)cc1. The minimum absolute atomic E-state index is 0.760. The van der Waals surface area contributed by atoms with Crippen LogP contribution >= 0.6 is 0 Å². The molecule has 0 saturated carbocycles. The number of nitrogens with zero attached hydrogens (tertiary/aromatic N) is 2. The van der Waals surface area contributed by atoms with Crippen LogP contribution in [0.5, 0.6) is 5.75 Å². The van der Waals surface area contributed by atoms with Gasteiger partial charge in [0.2, 0.25) is 0 Å². The number of rotatable bonds is 4. The Morgan fingerprint density at radius 2 is 1.70 bits per heavy atom. The first-order valence-corrected chi connectivity index (χ1v) is 6.43. The highest BCUT2D eigenvalue weighted by Gasteiger charge is 1.99. The van der Waals surface area contributed by atoms with E-state index in [1.165, 1.54) is 5.56 Å². The molecule has 0 atom stereocenters. The Labute approximate surface area is 117 Å². The van der Waals surface area contributed by atoms with Crippen molar-refractivity contribution >= 4 is 16.7 Å². The molecular weight excluding hydrogens is 250 g/mol. The third-order valence-electron chi connectivity index (χ3n) is 3.13. The zero-order valence-electron chi connectivity index (χ0n) is 11.2. The van der Waals surface area contributed by atoms with Gasteiger partial charge >= 0.3 is 0 Å². The van der Waals surface area contributed by atoms with E-state index in [0.29, 0.717) is 0 Å². The van der Waals surface area contributed by atoms with Crippen LogP contribution in [0.15, 0.2) is 54.9 Å². The van der Waals surface area contributed by atoms with E-state index in [-0.39, 0.29) is 0 Å². The van der Waals surface area contributed by atoms with Crippen molar-refractivity contribution in [1.82, 2.24) is 9.97 Å². The molecule has 3 rings (SSSR count). The van der Waals surface area contributed by atoms with Crippen molar-refractivity contribution in [3.63, 3.8) is 0 Å². The molecule has 20 heavy (non-hydrogen) atoms. The zero-order chi connectivity index (χ0) is 13.8. The Morgan fingerprint density at radius 3 is 2.45 bits per heavy atom. The maximum Gasteiger partial charge on any atom is 0.118 e. The summed E-state index contributed by atoms with van der Waals surface area (Å²) in [4.78, 5) is 8.56. The van der Waals surface area contributed by atoms with Crippen LogP contribution in [0, 0.1) is 0 Å². The number of methoxy groups -OCH3 is 1. The van der Waals surface area contributed by atoms with Crippen LogP contribution in [0.2, 0.25) is 0 Å². The van der Waals surface area contributed by atoms with E-state index in [1.807, 2.05) is 42.5 Å². The Balaban J connectivity index is 1.72. The van der Waals surface area contributed by atoms with E-state index in [4.69, 9.17) is 4.74 Å². The standard InChI is InChI=1S/C16H15N3O/c1-20-14-5-2-12(3-6-14)11-19-13-4-7-15-16(10-13)18-9-8-17-15/h2-10,19H,11H2,1H3. The summed E-state index contributed by atoms with van der Waals surface area (Å²) in [6.45, 7) is 0.760. The lowest BCUT2D eigenvalue weighted by atomic mass is 10.2. The van der Waals surface area contributed by atoms with Gasteiger partial charge < -0.3 is 10.1 Å². The highest BCUT2D eigenvalue weighted by atomic mass is 16.5. The molecule has 3 aromatic rings. The average molecular weight is 265 g/mol. The van der Waals surface area contributed by atoms with Crippen LogP contribution < -0.4 is 10.1 Å². The highest BCUT2D eigenvalue weighted by molar-refractivity contribution is 5.78. The second-order valence-electron chi connectivity index (χ2n) is 4.46. The van der Waals surface area contributed by atoms with Gasteiger partial charge in [-0.2, -0.15) is 0 Å². The Bertz CT molecular complexity index is 710. The summed E-state index contributed by atoms with van der Waals surface area (Å²) in [6, 6.07) is 14.0. The number of nitrogens with one attached hydrogen (secondary N) is 1. The van der Waals surface area contributed by atoms with Crippen molar-refractivity contribution in [2.24, 2.45) is 0 Å². The molecule has 0 fully saturated rings. The molecule has 0 radical (unpaired) electrons. The van der Waals surface area contributed by atoms with Crippen molar-refractivity contribution < 1.29 is 4.74 Å². The Kier molecular flexibility index (Phi) is 3.46. The topological polar surface area (TPSA) is 47.0 Å². The minimum Gasteiger partial charge on any atom is -0.497 e. The normalized spacial score (nSPS) is 10.4. The largest absolute Gasteiger partial charge is 0.497 e. The zero-order valence-corrected chi connectivity index (χ0v) is 11.2. The number of aromatic nitrogens is 2. The molecular formula is C16H15N3O. The average Bonchev–Trinajstić information content (AvgIpc) is 2.53. The predicted molar refractivity (Wildman–Crippen MR) is 79.9 cm³/mol. The van der Waals surface area contributed by atoms with Gasteiger partial charge in [0.25, 0.3) is 0 Å². The fourth-order valence-corrected chi connectivity index (χ4v) is 2.02. The molecule has 4 heteroatoms. The van der Waals surface area contributed by atoms with Crippen molar-refractivity contribution in [3.05, 3.63) is 60.4 Å². The highest BCUT2D eigenvalue weighted by Crippen LogP contribution is 2.17. The van der Waals surface area contributed by atoms with Gasteiger partial charge in [0.05, 0.1) is 18.1 Å². The van der Waals surface area contributed by atoms with E-state index < -0.39 is 0 Å². The molecule has 2 aromatic carbocycles. The van der Waals surface area contributed by atoms with E-state index in [2.05, 4.69) is 15.3 Å². The number of hydrogen-bond acceptors (Lipinski definition) is 4. The quantitative estimate of drug-likeness (QED) is 0.786. The molecule has 0 unspecified atom stereocenters. The molecule has 0 bridgehead atoms. The van der Waals surface area contributed by atoms with Crippen LogP contribution in [-0.4, -0.2) is 17.1 Å². The summed E-state index contributed by atoms with van der Waals surface area (Å²) in [5.74, 6) is 0.870. The van der Waals surface area contributed by atoms with E-state index in [0.717, 1.165) is 29.0 Å². The molecule has 1 N–H and O–H groups in total. The second-order valence-corrected chi connectivity index (χ2v) is 4.46. The lowest BCUT2D eigenvalue weighted by molar-refractivity contribution is 0.414. The van der Waals surface area contributed by atoms with Crippen molar-refractivity contribution in [3.8, 4) is 5.75 Å². The Hall–Kier alpha value is -2.62. The molecule has 0 aliphatic carbocycles.